The van der Waals surface area contributed by atoms with Crippen LogP contribution in [0.4, 0.5) is 0 Å². The Morgan fingerprint density at radius 2 is 2.00 bits per heavy atom. The molecule has 0 bridgehead atoms. The molecule has 0 unspecified atom stereocenters. The predicted molar refractivity (Wildman–Crippen MR) is 63.4 cm³/mol. The Morgan fingerprint density at radius 1 is 1.27 bits per heavy atom. The summed E-state index contributed by atoms with van der Waals surface area (Å²) in [6, 6.07) is 8.01. The highest BCUT2D eigenvalue weighted by molar-refractivity contribution is 7.97. The summed E-state index contributed by atoms with van der Waals surface area (Å²) in [5.41, 5.74) is 3.21. The second kappa shape index (κ2) is 4.98. The van der Waals surface area contributed by atoms with E-state index in [9.17, 15) is 0 Å². The number of hydrogen-bond acceptors (Lipinski definition) is 3. The van der Waals surface area contributed by atoms with Crippen LogP contribution in [0.5, 0.6) is 0 Å². The minimum absolute atomic E-state index is 0.711. The number of rotatable bonds is 5. The van der Waals surface area contributed by atoms with E-state index in [0.717, 1.165) is 17.3 Å². The Kier molecular flexibility index (Phi) is 3.40. The van der Waals surface area contributed by atoms with Gasteiger partial charge in [-0.05, 0) is 30.5 Å². The summed E-state index contributed by atoms with van der Waals surface area (Å²) in [4.78, 5) is 0. The van der Waals surface area contributed by atoms with Gasteiger partial charge in [0.05, 0.1) is 12.3 Å². The fourth-order valence-electron chi connectivity index (χ4n) is 1.35. The lowest BCUT2D eigenvalue weighted by molar-refractivity contribution is 0.481. The van der Waals surface area contributed by atoms with Crippen LogP contribution in [0.1, 0.15) is 11.5 Å². The summed E-state index contributed by atoms with van der Waals surface area (Å²) in [7, 11) is 0. The summed E-state index contributed by atoms with van der Waals surface area (Å²) in [5, 5.41) is 0. The molecular weight excluding hydrogens is 208 g/mol. The fraction of sp³-hybridized carbons (Fsp3) is 0.273. The van der Waals surface area contributed by atoms with Gasteiger partial charge in [-0.2, -0.15) is 11.8 Å². The molecule has 0 aromatic carbocycles. The summed E-state index contributed by atoms with van der Waals surface area (Å²) < 4.78 is 7.54. The Balaban J connectivity index is 1.88. The summed E-state index contributed by atoms with van der Waals surface area (Å²) in [6.45, 7) is 0.711. The molecule has 0 saturated carbocycles. The van der Waals surface area contributed by atoms with Gasteiger partial charge in [0.15, 0.2) is 0 Å². The first-order valence-electron chi connectivity index (χ1n) is 4.82. The van der Waals surface area contributed by atoms with Crippen LogP contribution in [0.2, 0.25) is 0 Å². The maximum Gasteiger partial charge on any atom is 0.124 e. The lowest BCUT2D eigenvalue weighted by Gasteiger charge is -2.04. The van der Waals surface area contributed by atoms with Crippen LogP contribution in [0, 0.1) is 0 Å². The third-order valence-electron chi connectivity index (χ3n) is 2.04. The molecule has 0 aliphatic heterocycles. The number of nitrogens with zero attached hydrogens (tertiary/aromatic N) is 1. The van der Waals surface area contributed by atoms with Crippen molar-refractivity contribution in [1.29, 1.82) is 0 Å². The normalized spacial score (nSPS) is 10.5. The molecule has 0 fully saturated rings. The minimum Gasteiger partial charge on any atom is -0.463 e. The number of hydrogen-bond donors (Lipinski definition) is 1. The van der Waals surface area contributed by atoms with E-state index < -0.39 is 0 Å². The molecule has 0 saturated heterocycles. The van der Waals surface area contributed by atoms with Gasteiger partial charge in [-0.1, -0.05) is 0 Å². The van der Waals surface area contributed by atoms with Crippen molar-refractivity contribution in [3.8, 4) is 0 Å². The molecule has 0 aliphatic carbocycles. The zero-order valence-electron chi connectivity index (χ0n) is 8.64. The van der Waals surface area contributed by atoms with Crippen LogP contribution in [-0.4, -0.2) is 10.9 Å². The van der Waals surface area contributed by atoms with E-state index in [2.05, 4.69) is 11.7 Å². The maximum atomic E-state index is 5.63. The van der Waals surface area contributed by atoms with Gasteiger partial charge in [0.1, 0.15) is 11.5 Å². The molecule has 2 aromatic heterocycles. The monoisotopic (exact) mass is 222 g/mol. The van der Waals surface area contributed by atoms with E-state index in [0.29, 0.717) is 6.54 Å². The highest BCUT2D eigenvalue weighted by Gasteiger charge is 2.00. The van der Waals surface area contributed by atoms with Crippen molar-refractivity contribution in [1.82, 2.24) is 4.68 Å². The number of thioether (sulfide) groups is 1. The number of furan rings is 1. The van der Waals surface area contributed by atoms with Gasteiger partial charge in [0.2, 0.25) is 0 Å². The van der Waals surface area contributed by atoms with Gasteiger partial charge >= 0.3 is 0 Å². The highest BCUT2D eigenvalue weighted by Crippen LogP contribution is 2.13. The van der Waals surface area contributed by atoms with Crippen molar-refractivity contribution < 1.29 is 4.42 Å². The number of nitrogens with one attached hydrogen (secondary N) is 1. The molecule has 2 rings (SSSR count). The van der Waals surface area contributed by atoms with E-state index in [1.165, 1.54) is 0 Å². The topological polar surface area (TPSA) is 30.1 Å². The first-order valence-corrected chi connectivity index (χ1v) is 6.21. The zero-order valence-corrected chi connectivity index (χ0v) is 9.46. The number of aromatic nitrogens is 1. The van der Waals surface area contributed by atoms with E-state index in [-0.39, 0.29) is 0 Å². The SMILES string of the molecule is CSCc1ccc(CNn2cccc2)o1. The van der Waals surface area contributed by atoms with E-state index >= 15 is 0 Å². The molecular formula is C11H14N2OS. The fourth-order valence-corrected chi connectivity index (χ4v) is 1.79. The van der Waals surface area contributed by atoms with Crippen molar-refractivity contribution in [2.75, 3.05) is 11.7 Å². The molecule has 4 heteroatoms. The molecule has 80 valence electrons. The van der Waals surface area contributed by atoms with Gasteiger partial charge in [0.25, 0.3) is 0 Å². The third kappa shape index (κ3) is 2.83. The average Bonchev–Trinajstić information content (AvgIpc) is 2.85. The van der Waals surface area contributed by atoms with E-state index in [1.807, 2.05) is 41.3 Å². The largest absolute Gasteiger partial charge is 0.463 e. The molecule has 0 atom stereocenters. The molecule has 0 amide bonds. The van der Waals surface area contributed by atoms with Gasteiger partial charge in [0, 0.05) is 12.4 Å². The summed E-state index contributed by atoms with van der Waals surface area (Å²) in [5.74, 6) is 2.93. The summed E-state index contributed by atoms with van der Waals surface area (Å²) in [6.07, 6.45) is 6.00. The van der Waals surface area contributed by atoms with Crippen molar-refractivity contribution >= 4 is 11.8 Å². The minimum atomic E-state index is 0.711. The Labute approximate surface area is 93.4 Å². The predicted octanol–water partition coefficient (Wildman–Crippen LogP) is 2.69. The standard InChI is InChI=1S/C11H14N2OS/c1-15-9-11-5-4-10(14-11)8-12-13-6-2-3-7-13/h2-7,12H,8-9H2,1H3. The van der Waals surface area contributed by atoms with Crippen molar-refractivity contribution in [2.45, 2.75) is 12.3 Å². The van der Waals surface area contributed by atoms with Crippen LogP contribution >= 0.6 is 11.8 Å². The molecule has 15 heavy (non-hydrogen) atoms. The van der Waals surface area contributed by atoms with Crippen LogP contribution in [-0.2, 0) is 12.3 Å². The molecule has 2 aromatic rings. The van der Waals surface area contributed by atoms with Crippen LogP contribution in [0.15, 0.2) is 41.1 Å². The molecule has 0 radical (unpaired) electrons. The quantitative estimate of drug-likeness (QED) is 0.843. The first-order chi connectivity index (χ1) is 7.38. The van der Waals surface area contributed by atoms with Gasteiger partial charge in [-0.3, -0.25) is 4.68 Å². The van der Waals surface area contributed by atoms with Crippen molar-refractivity contribution in [3.63, 3.8) is 0 Å². The second-order valence-electron chi connectivity index (χ2n) is 3.23. The van der Waals surface area contributed by atoms with Gasteiger partial charge < -0.3 is 9.84 Å². The molecule has 0 aliphatic rings. The van der Waals surface area contributed by atoms with E-state index in [4.69, 9.17) is 4.42 Å². The Morgan fingerprint density at radius 3 is 2.73 bits per heavy atom. The van der Waals surface area contributed by atoms with Crippen LogP contribution < -0.4 is 5.43 Å². The molecule has 0 spiro atoms. The molecule has 3 nitrogen and oxygen atoms in total. The Hall–Kier alpha value is -1.29. The van der Waals surface area contributed by atoms with Crippen molar-refractivity contribution in [3.05, 3.63) is 48.2 Å². The van der Waals surface area contributed by atoms with Crippen LogP contribution in [0.3, 0.4) is 0 Å². The zero-order chi connectivity index (χ0) is 10.5. The lowest BCUT2D eigenvalue weighted by Crippen LogP contribution is -2.11. The Bertz CT molecular complexity index is 394. The summed E-state index contributed by atoms with van der Waals surface area (Å²) >= 11 is 1.76. The first kappa shape index (κ1) is 10.2. The van der Waals surface area contributed by atoms with Crippen LogP contribution in [0.25, 0.3) is 0 Å². The van der Waals surface area contributed by atoms with Gasteiger partial charge in [-0.15, -0.1) is 0 Å². The van der Waals surface area contributed by atoms with Crippen molar-refractivity contribution in [2.24, 2.45) is 0 Å². The van der Waals surface area contributed by atoms with E-state index in [1.54, 1.807) is 11.8 Å². The lowest BCUT2D eigenvalue weighted by atomic mass is 10.4. The second-order valence-corrected chi connectivity index (χ2v) is 4.09. The molecule has 2 heterocycles. The smallest absolute Gasteiger partial charge is 0.124 e. The third-order valence-corrected chi connectivity index (χ3v) is 2.62. The maximum absolute atomic E-state index is 5.63. The van der Waals surface area contributed by atoms with Gasteiger partial charge in [-0.25, -0.2) is 0 Å². The average molecular weight is 222 g/mol. The molecule has 1 N–H and O–H groups in total. The highest BCUT2D eigenvalue weighted by atomic mass is 32.2.